The Morgan fingerprint density at radius 1 is 1.14 bits per heavy atom. The first-order valence-corrected chi connectivity index (χ1v) is 6.62. The number of carbonyl (C=O) groups is 1. The third-order valence-corrected chi connectivity index (χ3v) is 3.24. The van der Waals surface area contributed by atoms with Crippen molar-refractivity contribution in [1.82, 2.24) is 0 Å². The molecule has 0 spiro atoms. The Morgan fingerprint density at radius 3 is 2.33 bits per heavy atom. The van der Waals surface area contributed by atoms with Crippen molar-refractivity contribution >= 4 is 11.6 Å². The number of carbonyl (C=O) groups excluding carboxylic acids is 1. The first-order valence-electron chi connectivity index (χ1n) is 6.62. The number of aliphatic hydroxyl groups excluding tert-OH is 3. The maximum absolute atomic E-state index is 10.9. The number of anilines is 1. The Kier molecular flexibility index (Phi) is 4.79. The minimum Gasteiger partial charge on any atom is -0.462 e. The number of benzene rings is 1. The summed E-state index contributed by atoms with van der Waals surface area (Å²) < 4.78 is 10.8. The standard InChI is InChI=1S/C14H19NO6/c1-7-11(17)12(18)13(19)14(20-7)21-10-5-3-9(4-6-10)15-8(2)16/h3-7,11-14,17-19H,1-2H3,(H,15,16)/t7-,11-,12?,13?,14-/m1/s1. The average Bonchev–Trinajstić information content (AvgIpc) is 2.44. The van der Waals surface area contributed by atoms with Crippen molar-refractivity contribution in [3.05, 3.63) is 24.3 Å². The summed E-state index contributed by atoms with van der Waals surface area (Å²) in [7, 11) is 0. The van der Waals surface area contributed by atoms with Gasteiger partial charge in [-0.1, -0.05) is 0 Å². The molecule has 5 atom stereocenters. The molecule has 1 saturated heterocycles. The molecule has 0 aliphatic carbocycles. The van der Waals surface area contributed by atoms with Crippen molar-refractivity contribution in [2.45, 2.75) is 44.6 Å². The molecule has 116 valence electrons. The molecule has 2 rings (SSSR count). The normalized spacial score (nSPS) is 32.5. The van der Waals surface area contributed by atoms with Crippen LogP contribution in [-0.2, 0) is 9.53 Å². The molecule has 7 nitrogen and oxygen atoms in total. The van der Waals surface area contributed by atoms with Crippen molar-refractivity contribution in [2.75, 3.05) is 5.32 Å². The van der Waals surface area contributed by atoms with Gasteiger partial charge in [0.25, 0.3) is 0 Å². The molecule has 0 aromatic heterocycles. The van der Waals surface area contributed by atoms with E-state index in [2.05, 4.69) is 5.32 Å². The van der Waals surface area contributed by atoms with E-state index in [1.165, 1.54) is 6.92 Å². The molecular weight excluding hydrogens is 278 g/mol. The van der Waals surface area contributed by atoms with Crippen LogP contribution in [0.25, 0.3) is 0 Å². The second kappa shape index (κ2) is 6.40. The molecule has 1 aliphatic rings. The van der Waals surface area contributed by atoms with E-state index in [9.17, 15) is 20.1 Å². The van der Waals surface area contributed by atoms with E-state index in [1.54, 1.807) is 31.2 Å². The molecule has 1 fully saturated rings. The first kappa shape index (κ1) is 15.7. The molecule has 1 heterocycles. The lowest BCUT2D eigenvalue weighted by molar-refractivity contribution is -0.268. The minimum atomic E-state index is -1.36. The van der Waals surface area contributed by atoms with E-state index in [1.807, 2.05) is 0 Å². The van der Waals surface area contributed by atoms with Gasteiger partial charge in [-0.2, -0.15) is 0 Å². The smallest absolute Gasteiger partial charge is 0.229 e. The highest BCUT2D eigenvalue weighted by Gasteiger charge is 2.43. The zero-order valence-corrected chi connectivity index (χ0v) is 11.8. The van der Waals surface area contributed by atoms with Gasteiger partial charge in [0.05, 0.1) is 6.10 Å². The summed E-state index contributed by atoms with van der Waals surface area (Å²) in [5, 5.41) is 31.8. The summed E-state index contributed by atoms with van der Waals surface area (Å²) in [6.45, 7) is 2.99. The number of amides is 1. The van der Waals surface area contributed by atoms with Crippen LogP contribution in [0.15, 0.2) is 24.3 Å². The van der Waals surface area contributed by atoms with Crippen LogP contribution < -0.4 is 10.1 Å². The van der Waals surface area contributed by atoms with Gasteiger partial charge in [0.2, 0.25) is 12.2 Å². The lowest BCUT2D eigenvalue weighted by Crippen LogP contribution is -2.58. The molecule has 0 radical (unpaired) electrons. The van der Waals surface area contributed by atoms with E-state index >= 15 is 0 Å². The molecule has 7 heteroatoms. The fraction of sp³-hybridized carbons (Fsp3) is 0.500. The van der Waals surface area contributed by atoms with Gasteiger partial charge in [-0.15, -0.1) is 0 Å². The molecule has 4 N–H and O–H groups in total. The molecule has 2 unspecified atom stereocenters. The lowest BCUT2D eigenvalue weighted by Gasteiger charge is -2.38. The van der Waals surface area contributed by atoms with Crippen LogP contribution in [0.2, 0.25) is 0 Å². The Balaban J connectivity index is 2.02. The van der Waals surface area contributed by atoms with E-state index < -0.39 is 30.7 Å². The Labute approximate surface area is 122 Å². The summed E-state index contributed by atoms with van der Waals surface area (Å²) in [5.74, 6) is 0.226. The van der Waals surface area contributed by atoms with Crippen LogP contribution in [0, 0.1) is 0 Å². The quantitative estimate of drug-likeness (QED) is 0.618. The zero-order valence-electron chi connectivity index (χ0n) is 11.8. The maximum Gasteiger partial charge on any atom is 0.229 e. The van der Waals surface area contributed by atoms with Crippen molar-refractivity contribution in [2.24, 2.45) is 0 Å². The van der Waals surface area contributed by atoms with Crippen molar-refractivity contribution in [3.8, 4) is 5.75 Å². The third-order valence-electron chi connectivity index (χ3n) is 3.24. The highest BCUT2D eigenvalue weighted by molar-refractivity contribution is 5.88. The third kappa shape index (κ3) is 3.70. The summed E-state index contributed by atoms with van der Waals surface area (Å²) in [4.78, 5) is 10.9. The van der Waals surface area contributed by atoms with Gasteiger partial charge in [0.15, 0.2) is 0 Å². The van der Waals surface area contributed by atoms with E-state index in [0.29, 0.717) is 11.4 Å². The molecule has 1 aromatic carbocycles. The molecular formula is C14H19NO6. The Bertz CT molecular complexity index is 491. The van der Waals surface area contributed by atoms with Gasteiger partial charge >= 0.3 is 0 Å². The second-order valence-corrected chi connectivity index (χ2v) is 5.00. The second-order valence-electron chi connectivity index (χ2n) is 5.00. The molecule has 21 heavy (non-hydrogen) atoms. The summed E-state index contributed by atoms with van der Waals surface area (Å²) >= 11 is 0. The molecule has 1 aromatic rings. The van der Waals surface area contributed by atoms with Crippen molar-refractivity contribution in [1.29, 1.82) is 0 Å². The van der Waals surface area contributed by atoms with Crippen LogP contribution in [0.3, 0.4) is 0 Å². The highest BCUT2D eigenvalue weighted by atomic mass is 16.7. The fourth-order valence-electron chi connectivity index (χ4n) is 2.06. The van der Waals surface area contributed by atoms with Gasteiger partial charge in [-0.3, -0.25) is 4.79 Å². The summed E-state index contributed by atoms with van der Waals surface area (Å²) in [6, 6.07) is 6.48. The summed E-state index contributed by atoms with van der Waals surface area (Å²) in [5.41, 5.74) is 0.615. The first-order chi connectivity index (χ1) is 9.88. The predicted octanol–water partition coefficient (Wildman–Crippen LogP) is -0.149. The van der Waals surface area contributed by atoms with E-state index in [-0.39, 0.29) is 5.91 Å². The van der Waals surface area contributed by atoms with E-state index in [0.717, 1.165) is 0 Å². The summed E-state index contributed by atoms with van der Waals surface area (Å²) in [6.07, 6.45) is -5.59. The number of rotatable bonds is 3. The van der Waals surface area contributed by atoms with Gasteiger partial charge in [0, 0.05) is 12.6 Å². The SMILES string of the molecule is CC(=O)Nc1ccc(O[C@H]2O[C@H](C)[C@@H](O)C(O)C2O)cc1. The predicted molar refractivity (Wildman–Crippen MR) is 73.7 cm³/mol. The van der Waals surface area contributed by atoms with Crippen LogP contribution in [0.5, 0.6) is 5.75 Å². The maximum atomic E-state index is 10.9. The topological polar surface area (TPSA) is 108 Å². The van der Waals surface area contributed by atoms with Crippen LogP contribution in [-0.4, -0.2) is 51.9 Å². The van der Waals surface area contributed by atoms with Gasteiger partial charge in [-0.25, -0.2) is 0 Å². The molecule has 1 aliphatic heterocycles. The van der Waals surface area contributed by atoms with Crippen LogP contribution in [0.4, 0.5) is 5.69 Å². The fourth-order valence-corrected chi connectivity index (χ4v) is 2.06. The van der Waals surface area contributed by atoms with Crippen molar-refractivity contribution < 1.29 is 29.6 Å². The lowest BCUT2D eigenvalue weighted by atomic mass is 10.00. The highest BCUT2D eigenvalue weighted by Crippen LogP contribution is 2.24. The molecule has 1 amide bonds. The largest absolute Gasteiger partial charge is 0.462 e. The van der Waals surface area contributed by atoms with Crippen LogP contribution in [0.1, 0.15) is 13.8 Å². The zero-order chi connectivity index (χ0) is 15.6. The van der Waals surface area contributed by atoms with Crippen LogP contribution >= 0.6 is 0 Å². The number of hydrogen-bond acceptors (Lipinski definition) is 6. The average molecular weight is 297 g/mol. The number of aliphatic hydroxyl groups is 3. The molecule has 0 saturated carbocycles. The number of hydrogen-bond donors (Lipinski definition) is 4. The van der Waals surface area contributed by atoms with E-state index in [4.69, 9.17) is 9.47 Å². The molecule has 0 bridgehead atoms. The van der Waals surface area contributed by atoms with Gasteiger partial charge in [-0.05, 0) is 31.2 Å². The van der Waals surface area contributed by atoms with Gasteiger partial charge in [0.1, 0.15) is 24.1 Å². The number of nitrogens with one attached hydrogen (secondary N) is 1. The Morgan fingerprint density at radius 2 is 1.76 bits per heavy atom. The van der Waals surface area contributed by atoms with Gasteiger partial charge < -0.3 is 30.1 Å². The Hall–Kier alpha value is -1.67. The number of ether oxygens (including phenoxy) is 2. The van der Waals surface area contributed by atoms with Crippen molar-refractivity contribution in [3.63, 3.8) is 0 Å². The minimum absolute atomic E-state index is 0.180. The monoisotopic (exact) mass is 297 g/mol.